The van der Waals surface area contributed by atoms with Crippen LogP contribution in [-0.2, 0) is 13.2 Å². The SMILES string of the molecule is Cc1ccc(Nc2ccn[nH]2)c(-c2cc(C(F)(F)F)n(C)n2)c1. The summed E-state index contributed by atoms with van der Waals surface area (Å²) in [7, 11) is 1.28. The molecule has 0 spiro atoms. The Morgan fingerprint density at radius 1 is 1.17 bits per heavy atom. The molecule has 23 heavy (non-hydrogen) atoms. The molecule has 2 heterocycles. The molecule has 0 amide bonds. The van der Waals surface area contributed by atoms with Crippen molar-refractivity contribution in [3.05, 3.63) is 47.8 Å². The highest BCUT2D eigenvalue weighted by Gasteiger charge is 2.35. The molecule has 0 aliphatic carbocycles. The first kappa shape index (κ1) is 15.1. The number of hydrogen-bond acceptors (Lipinski definition) is 3. The highest BCUT2D eigenvalue weighted by Crippen LogP contribution is 2.35. The van der Waals surface area contributed by atoms with Gasteiger partial charge in [-0.2, -0.15) is 23.4 Å². The Morgan fingerprint density at radius 3 is 2.57 bits per heavy atom. The number of rotatable bonds is 3. The van der Waals surface area contributed by atoms with E-state index < -0.39 is 11.9 Å². The first-order valence-electron chi connectivity index (χ1n) is 6.83. The first-order valence-corrected chi connectivity index (χ1v) is 6.83. The number of hydrogen-bond donors (Lipinski definition) is 2. The number of aryl methyl sites for hydroxylation is 2. The van der Waals surface area contributed by atoms with Crippen molar-refractivity contribution >= 4 is 11.5 Å². The number of aromatic amines is 1. The number of anilines is 2. The van der Waals surface area contributed by atoms with Crippen LogP contribution < -0.4 is 5.32 Å². The summed E-state index contributed by atoms with van der Waals surface area (Å²) in [5.41, 5.74) is 1.62. The van der Waals surface area contributed by atoms with Crippen molar-refractivity contribution in [3.63, 3.8) is 0 Å². The molecule has 2 N–H and O–H groups in total. The van der Waals surface area contributed by atoms with Crippen LogP contribution in [0.1, 0.15) is 11.3 Å². The fourth-order valence-corrected chi connectivity index (χ4v) is 2.31. The van der Waals surface area contributed by atoms with E-state index in [1.165, 1.54) is 7.05 Å². The lowest BCUT2D eigenvalue weighted by Crippen LogP contribution is -2.11. The standard InChI is InChI=1S/C15H14F3N5/c1-9-3-4-11(20-14-5-6-19-21-14)10(7-9)12-8-13(15(16,17)18)23(2)22-12/h3-8H,1-2H3,(H2,19,20,21). The number of nitrogens with zero attached hydrogens (tertiary/aromatic N) is 3. The second-order valence-corrected chi connectivity index (χ2v) is 5.18. The van der Waals surface area contributed by atoms with Crippen LogP contribution in [0.3, 0.4) is 0 Å². The van der Waals surface area contributed by atoms with Crippen LogP contribution >= 0.6 is 0 Å². The molecule has 2 aromatic heterocycles. The van der Waals surface area contributed by atoms with Gasteiger partial charge < -0.3 is 5.32 Å². The molecule has 3 rings (SSSR count). The maximum Gasteiger partial charge on any atom is 0.433 e. The molecule has 0 saturated carbocycles. The summed E-state index contributed by atoms with van der Waals surface area (Å²) in [5.74, 6) is 0.641. The van der Waals surface area contributed by atoms with Gasteiger partial charge in [-0.15, -0.1) is 0 Å². The minimum Gasteiger partial charge on any atom is -0.340 e. The topological polar surface area (TPSA) is 58.5 Å². The first-order chi connectivity index (χ1) is 10.8. The van der Waals surface area contributed by atoms with E-state index in [0.717, 1.165) is 16.3 Å². The second kappa shape index (κ2) is 5.45. The van der Waals surface area contributed by atoms with Crippen molar-refractivity contribution < 1.29 is 13.2 Å². The summed E-state index contributed by atoms with van der Waals surface area (Å²) in [4.78, 5) is 0. The van der Waals surface area contributed by atoms with Gasteiger partial charge in [0.15, 0.2) is 0 Å². The molecule has 3 aromatic rings. The number of H-pyrrole nitrogens is 1. The normalized spacial score (nSPS) is 11.7. The third-order valence-electron chi connectivity index (χ3n) is 3.39. The Bertz CT molecular complexity index is 818. The molecule has 0 saturated heterocycles. The van der Waals surface area contributed by atoms with Crippen LogP contribution in [0.4, 0.5) is 24.7 Å². The van der Waals surface area contributed by atoms with Gasteiger partial charge in [-0.3, -0.25) is 9.78 Å². The highest BCUT2D eigenvalue weighted by atomic mass is 19.4. The lowest BCUT2D eigenvalue weighted by atomic mass is 10.1. The van der Waals surface area contributed by atoms with Gasteiger partial charge in [0, 0.05) is 24.4 Å². The molecule has 0 unspecified atom stereocenters. The number of halogens is 3. The molecule has 1 aromatic carbocycles. The average molecular weight is 321 g/mol. The zero-order valence-corrected chi connectivity index (χ0v) is 12.4. The van der Waals surface area contributed by atoms with Crippen molar-refractivity contribution in [2.45, 2.75) is 13.1 Å². The van der Waals surface area contributed by atoms with Gasteiger partial charge in [0.2, 0.25) is 0 Å². The Balaban J connectivity index is 2.07. The van der Waals surface area contributed by atoms with E-state index in [2.05, 4.69) is 20.6 Å². The third kappa shape index (κ3) is 3.05. The summed E-state index contributed by atoms with van der Waals surface area (Å²) in [6.07, 6.45) is -2.86. The van der Waals surface area contributed by atoms with Crippen LogP contribution in [-0.4, -0.2) is 20.0 Å². The third-order valence-corrected chi connectivity index (χ3v) is 3.39. The van der Waals surface area contributed by atoms with Crippen molar-refractivity contribution in [2.75, 3.05) is 5.32 Å². The molecule has 5 nitrogen and oxygen atoms in total. The van der Waals surface area contributed by atoms with Crippen LogP contribution in [0, 0.1) is 6.92 Å². The molecule has 0 bridgehead atoms. The monoisotopic (exact) mass is 321 g/mol. The minimum atomic E-state index is -4.44. The summed E-state index contributed by atoms with van der Waals surface area (Å²) in [5, 5.41) is 13.7. The molecule has 0 aliphatic heterocycles. The Morgan fingerprint density at radius 2 is 1.96 bits per heavy atom. The van der Waals surface area contributed by atoms with Crippen LogP contribution in [0.5, 0.6) is 0 Å². The summed E-state index contributed by atoms with van der Waals surface area (Å²) in [6, 6.07) is 8.24. The number of alkyl halides is 3. The summed E-state index contributed by atoms with van der Waals surface area (Å²) >= 11 is 0. The van der Waals surface area contributed by atoms with E-state index in [-0.39, 0.29) is 5.69 Å². The lowest BCUT2D eigenvalue weighted by molar-refractivity contribution is -0.143. The minimum absolute atomic E-state index is 0.255. The van der Waals surface area contributed by atoms with Gasteiger partial charge in [-0.1, -0.05) is 11.6 Å². The smallest absolute Gasteiger partial charge is 0.340 e. The number of benzene rings is 1. The fraction of sp³-hybridized carbons (Fsp3) is 0.200. The van der Waals surface area contributed by atoms with Crippen LogP contribution in [0.15, 0.2) is 36.5 Å². The van der Waals surface area contributed by atoms with Gasteiger partial charge in [0.25, 0.3) is 0 Å². The van der Waals surface area contributed by atoms with Crippen molar-refractivity contribution in [1.82, 2.24) is 20.0 Å². The van der Waals surface area contributed by atoms with Crippen LogP contribution in [0.25, 0.3) is 11.3 Å². The van der Waals surface area contributed by atoms with E-state index in [4.69, 9.17) is 0 Å². The molecule has 0 fully saturated rings. The zero-order valence-electron chi connectivity index (χ0n) is 12.4. The molecule has 0 atom stereocenters. The summed E-state index contributed by atoms with van der Waals surface area (Å²) in [6.45, 7) is 1.87. The Kier molecular flexibility index (Phi) is 3.59. The largest absolute Gasteiger partial charge is 0.433 e. The average Bonchev–Trinajstić information content (AvgIpc) is 3.09. The molecular formula is C15H14F3N5. The van der Waals surface area contributed by atoms with Gasteiger partial charge in [-0.25, -0.2) is 0 Å². The predicted octanol–water partition coefficient (Wildman–Crippen LogP) is 3.88. The molecule has 0 radical (unpaired) electrons. The van der Waals surface area contributed by atoms with Crippen molar-refractivity contribution in [3.8, 4) is 11.3 Å². The fourth-order valence-electron chi connectivity index (χ4n) is 2.31. The second-order valence-electron chi connectivity index (χ2n) is 5.18. The highest BCUT2D eigenvalue weighted by molar-refractivity contribution is 5.79. The number of aromatic nitrogens is 4. The van der Waals surface area contributed by atoms with E-state index in [1.54, 1.807) is 24.4 Å². The van der Waals surface area contributed by atoms with E-state index in [1.807, 2.05) is 13.0 Å². The van der Waals surface area contributed by atoms with Crippen molar-refractivity contribution in [1.29, 1.82) is 0 Å². The Labute approximate surface area is 130 Å². The number of nitrogens with one attached hydrogen (secondary N) is 2. The molecule has 120 valence electrons. The predicted molar refractivity (Wildman–Crippen MR) is 80.3 cm³/mol. The lowest BCUT2D eigenvalue weighted by Gasteiger charge is -2.10. The molecule has 0 aliphatic rings. The van der Waals surface area contributed by atoms with Crippen molar-refractivity contribution in [2.24, 2.45) is 7.05 Å². The van der Waals surface area contributed by atoms with Gasteiger partial charge in [-0.05, 0) is 25.1 Å². The van der Waals surface area contributed by atoms with E-state index in [9.17, 15) is 13.2 Å². The quantitative estimate of drug-likeness (QED) is 0.769. The van der Waals surface area contributed by atoms with Gasteiger partial charge in [0.1, 0.15) is 11.5 Å². The van der Waals surface area contributed by atoms with Gasteiger partial charge >= 0.3 is 6.18 Å². The van der Waals surface area contributed by atoms with Gasteiger partial charge in [0.05, 0.1) is 11.9 Å². The maximum atomic E-state index is 13.0. The molecule has 8 heteroatoms. The zero-order chi connectivity index (χ0) is 16.6. The molecular weight excluding hydrogens is 307 g/mol. The van der Waals surface area contributed by atoms with E-state index in [0.29, 0.717) is 17.1 Å². The maximum absolute atomic E-state index is 13.0. The Hall–Kier alpha value is -2.77. The van der Waals surface area contributed by atoms with E-state index >= 15 is 0 Å². The van der Waals surface area contributed by atoms with Crippen LogP contribution in [0.2, 0.25) is 0 Å². The summed E-state index contributed by atoms with van der Waals surface area (Å²) < 4.78 is 39.8.